The summed E-state index contributed by atoms with van der Waals surface area (Å²) in [6.07, 6.45) is 18.2. The average molecular weight is 455 g/mol. The predicted molar refractivity (Wildman–Crippen MR) is 138 cm³/mol. The van der Waals surface area contributed by atoms with Gasteiger partial charge >= 0.3 is 5.97 Å². The summed E-state index contributed by atoms with van der Waals surface area (Å²) in [6, 6.07) is 9.62. The molecule has 1 aromatic rings. The van der Waals surface area contributed by atoms with E-state index >= 15 is 0 Å². The highest BCUT2D eigenvalue weighted by atomic mass is 16.5. The normalized spacial score (nSPS) is 15.7. The van der Waals surface area contributed by atoms with Gasteiger partial charge in [-0.2, -0.15) is 0 Å². The lowest BCUT2D eigenvalue weighted by molar-refractivity contribution is -0.140. The summed E-state index contributed by atoms with van der Waals surface area (Å²) in [5.74, 6) is 0.426. The molecule has 0 aliphatic heterocycles. The Kier molecular flexibility index (Phi) is 12.5. The van der Waals surface area contributed by atoms with Crippen LogP contribution in [0.5, 0.6) is 0 Å². The van der Waals surface area contributed by atoms with E-state index in [1.807, 2.05) is 30.3 Å². The summed E-state index contributed by atoms with van der Waals surface area (Å²) >= 11 is 0. The summed E-state index contributed by atoms with van der Waals surface area (Å²) in [7, 11) is 0. The quantitative estimate of drug-likeness (QED) is 0.185. The van der Waals surface area contributed by atoms with Gasteiger partial charge in [0.15, 0.2) is 5.78 Å². The van der Waals surface area contributed by atoms with Crippen LogP contribution in [0.15, 0.2) is 36.1 Å². The van der Waals surface area contributed by atoms with Crippen LogP contribution in [0, 0.1) is 5.41 Å². The number of rotatable bonds is 16. The van der Waals surface area contributed by atoms with E-state index in [9.17, 15) is 9.59 Å². The molecule has 0 amide bonds. The highest BCUT2D eigenvalue weighted by Gasteiger charge is 2.35. The number of hydrogen-bond donors (Lipinski definition) is 0. The molecule has 0 bridgehead atoms. The Balaban J connectivity index is 1.66. The van der Waals surface area contributed by atoms with Gasteiger partial charge in [-0.1, -0.05) is 128 Å². The number of allylic oxidation sites excluding steroid dienone is 2. The summed E-state index contributed by atoms with van der Waals surface area (Å²) in [5, 5.41) is 0. The first-order valence-electron chi connectivity index (χ1n) is 13.5. The molecule has 1 aliphatic rings. The summed E-state index contributed by atoms with van der Waals surface area (Å²) in [5.41, 5.74) is 1.26. The number of hydrogen-bond acceptors (Lipinski definition) is 3. The second kappa shape index (κ2) is 15.1. The predicted octanol–water partition coefficient (Wildman–Crippen LogP) is 8.81. The van der Waals surface area contributed by atoms with E-state index in [1.165, 1.54) is 70.6 Å². The molecule has 1 aromatic carbocycles. The van der Waals surface area contributed by atoms with Crippen molar-refractivity contribution in [2.24, 2.45) is 5.41 Å². The molecular weight excluding hydrogens is 408 g/mol. The minimum absolute atomic E-state index is 0.0706. The topological polar surface area (TPSA) is 43.4 Å². The van der Waals surface area contributed by atoms with Crippen LogP contribution in [-0.4, -0.2) is 11.8 Å². The highest BCUT2D eigenvalue weighted by molar-refractivity contribution is 6.22. The third kappa shape index (κ3) is 10.7. The van der Waals surface area contributed by atoms with Gasteiger partial charge in [0, 0.05) is 19.3 Å². The van der Waals surface area contributed by atoms with Crippen LogP contribution in [0.1, 0.15) is 129 Å². The summed E-state index contributed by atoms with van der Waals surface area (Å²) in [6.45, 7) is 6.39. The molecule has 0 saturated carbocycles. The van der Waals surface area contributed by atoms with Crippen molar-refractivity contribution in [2.45, 2.75) is 124 Å². The first-order valence-corrected chi connectivity index (χ1v) is 13.5. The fraction of sp³-hybridized carbons (Fsp3) is 0.667. The Bertz CT molecular complexity index is 745. The Morgan fingerprint density at radius 1 is 0.788 bits per heavy atom. The zero-order valence-corrected chi connectivity index (χ0v) is 21.4. The molecule has 0 unspecified atom stereocenters. The molecule has 3 heteroatoms. The van der Waals surface area contributed by atoms with Gasteiger partial charge in [-0.25, -0.2) is 0 Å². The fourth-order valence-electron chi connectivity index (χ4n) is 4.75. The zero-order chi connectivity index (χ0) is 23.9. The Morgan fingerprint density at radius 2 is 1.30 bits per heavy atom. The van der Waals surface area contributed by atoms with Gasteiger partial charge in [-0.05, 0) is 17.4 Å². The number of benzene rings is 1. The molecule has 2 rings (SSSR count). The van der Waals surface area contributed by atoms with Crippen molar-refractivity contribution in [2.75, 3.05) is 0 Å². The molecule has 184 valence electrons. The van der Waals surface area contributed by atoms with E-state index in [0.717, 1.165) is 18.4 Å². The Hall–Kier alpha value is -1.90. The van der Waals surface area contributed by atoms with Gasteiger partial charge in [-0.3, -0.25) is 9.59 Å². The van der Waals surface area contributed by atoms with Crippen molar-refractivity contribution in [3.05, 3.63) is 41.7 Å². The van der Waals surface area contributed by atoms with E-state index in [-0.39, 0.29) is 17.2 Å². The van der Waals surface area contributed by atoms with E-state index < -0.39 is 0 Å². The molecule has 1 aliphatic carbocycles. The van der Waals surface area contributed by atoms with Crippen molar-refractivity contribution in [1.29, 1.82) is 0 Å². The van der Waals surface area contributed by atoms with Crippen LogP contribution in [-0.2, 0) is 14.3 Å². The van der Waals surface area contributed by atoms with Gasteiger partial charge in [0.2, 0.25) is 0 Å². The monoisotopic (exact) mass is 454 g/mol. The van der Waals surface area contributed by atoms with Crippen molar-refractivity contribution in [3.63, 3.8) is 0 Å². The lowest BCUT2D eigenvalue weighted by Crippen LogP contribution is -2.27. The molecular formula is C30H46O3. The molecule has 0 spiro atoms. The van der Waals surface area contributed by atoms with Gasteiger partial charge in [0.05, 0.1) is 5.57 Å². The van der Waals surface area contributed by atoms with Crippen LogP contribution in [0.2, 0.25) is 0 Å². The Labute approximate surface area is 202 Å². The molecule has 0 aromatic heterocycles. The molecule has 0 N–H and O–H groups in total. The molecule has 0 fully saturated rings. The van der Waals surface area contributed by atoms with E-state index in [0.29, 0.717) is 30.6 Å². The molecule has 33 heavy (non-hydrogen) atoms. The van der Waals surface area contributed by atoms with Gasteiger partial charge in [0.25, 0.3) is 0 Å². The largest absolute Gasteiger partial charge is 0.430 e. The maximum Gasteiger partial charge on any atom is 0.310 e. The number of unbranched alkanes of at least 4 members (excludes halogenated alkanes) is 12. The van der Waals surface area contributed by atoms with Crippen LogP contribution >= 0.6 is 0 Å². The van der Waals surface area contributed by atoms with Crippen molar-refractivity contribution >= 4 is 17.3 Å². The third-order valence-electron chi connectivity index (χ3n) is 6.62. The number of ketones is 1. The van der Waals surface area contributed by atoms with Crippen molar-refractivity contribution < 1.29 is 14.3 Å². The molecule has 0 radical (unpaired) electrons. The summed E-state index contributed by atoms with van der Waals surface area (Å²) in [4.78, 5) is 25.4. The zero-order valence-electron chi connectivity index (χ0n) is 21.4. The lowest BCUT2D eigenvalue weighted by atomic mass is 9.75. The molecule has 0 saturated heterocycles. The van der Waals surface area contributed by atoms with Gasteiger partial charge in [0.1, 0.15) is 5.76 Å². The molecule has 0 heterocycles. The highest BCUT2D eigenvalue weighted by Crippen LogP contribution is 2.41. The number of esters is 1. The maximum absolute atomic E-state index is 12.8. The van der Waals surface area contributed by atoms with Crippen LogP contribution < -0.4 is 0 Å². The minimum Gasteiger partial charge on any atom is -0.430 e. The number of carbonyl (C=O) groups is 2. The second-order valence-corrected chi connectivity index (χ2v) is 10.6. The third-order valence-corrected chi connectivity index (χ3v) is 6.62. The molecule has 3 nitrogen and oxygen atoms in total. The lowest BCUT2D eigenvalue weighted by Gasteiger charge is -2.31. The first-order chi connectivity index (χ1) is 15.9. The second-order valence-electron chi connectivity index (χ2n) is 10.6. The van der Waals surface area contributed by atoms with Gasteiger partial charge in [-0.15, -0.1) is 0 Å². The van der Waals surface area contributed by atoms with Gasteiger partial charge < -0.3 is 4.74 Å². The SMILES string of the molecule is CCCCCCCCCCCCCCCC(=O)OC1=C(c2ccccc2)C(=O)CC(C)(C)C1. The standard InChI is InChI=1S/C30H46O3/c1-4-5-6-7-8-9-10-11-12-13-14-15-19-22-28(32)33-27-24-30(2,3)23-26(31)29(27)25-20-17-16-18-21-25/h16-18,20-21H,4-15,19,22-24H2,1-3H3. The minimum atomic E-state index is -0.202. The number of Topliss-reactive ketones (excluding diaryl/α,β-unsaturated/α-hetero) is 1. The smallest absolute Gasteiger partial charge is 0.310 e. The van der Waals surface area contributed by atoms with Crippen LogP contribution in [0.4, 0.5) is 0 Å². The van der Waals surface area contributed by atoms with Crippen molar-refractivity contribution in [3.8, 4) is 0 Å². The van der Waals surface area contributed by atoms with E-state index in [2.05, 4.69) is 20.8 Å². The average Bonchev–Trinajstić information content (AvgIpc) is 2.76. The number of carbonyl (C=O) groups excluding carboxylic acids is 2. The molecule has 0 atom stereocenters. The summed E-state index contributed by atoms with van der Waals surface area (Å²) < 4.78 is 5.79. The fourth-order valence-corrected chi connectivity index (χ4v) is 4.75. The first kappa shape index (κ1) is 27.3. The van der Waals surface area contributed by atoms with Crippen LogP contribution in [0.3, 0.4) is 0 Å². The van der Waals surface area contributed by atoms with E-state index in [1.54, 1.807) is 0 Å². The Morgan fingerprint density at radius 3 is 1.85 bits per heavy atom. The maximum atomic E-state index is 12.8. The number of ether oxygens (including phenoxy) is 1. The van der Waals surface area contributed by atoms with Crippen molar-refractivity contribution in [1.82, 2.24) is 0 Å². The van der Waals surface area contributed by atoms with Crippen LogP contribution in [0.25, 0.3) is 5.57 Å². The van der Waals surface area contributed by atoms with E-state index in [4.69, 9.17) is 4.74 Å².